The second-order valence-corrected chi connectivity index (χ2v) is 5.52. The largest absolute Gasteiger partial charge is 0.328 e. The molecule has 1 rings (SSSR count). The summed E-state index contributed by atoms with van der Waals surface area (Å²) >= 11 is 0. The van der Waals surface area contributed by atoms with Crippen LogP contribution in [-0.4, -0.2) is 30.0 Å². The predicted octanol–water partition coefficient (Wildman–Crippen LogP) is -1.03. The fourth-order valence-corrected chi connectivity index (χ4v) is 1.80. The van der Waals surface area contributed by atoms with E-state index in [-0.39, 0.29) is 18.7 Å². The van der Waals surface area contributed by atoms with Gasteiger partial charge < -0.3 is 4.98 Å². The van der Waals surface area contributed by atoms with Gasteiger partial charge in [-0.25, -0.2) is 13.2 Å². The SMILES string of the molecule is CS(=O)(=O)CCCn1c(=O)cc[nH]c1=O. The number of H-pyrrole nitrogens is 1. The van der Waals surface area contributed by atoms with Crippen molar-refractivity contribution in [2.45, 2.75) is 13.0 Å². The Kier molecular flexibility index (Phi) is 3.46. The van der Waals surface area contributed by atoms with Crippen LogP contribution in [0.3, 0.4) is 0 Å². The van der Waals surface area contributed by atoms with Crippen LogP contribution in [0, 0.1) is 0 Å². The molecule has 7 heteroatoms. The first-order chi connectivity index (χ1) is 6.90. The quantitative estimate of drug-likeness (QED) is 0.719. The van der Waals surface area contributed by atoms with Crippen molar-refractivity contribution in [2.24, 2.45) is 0 Å². The standard InChI is InChI=1S/C8H12N2O4S/c1-15(13,14)6-2-5-10-7(11)3-4-9-8(10)12/h3-4H,2,5-6H2,1H3,(H,9,12). The van der Waals surface area contributed by atoms with Gasteiger partial charge in [-0.15, -0.1) is 0 Å². The van der Waals surface area contributed by atoms with Crippen molar-refractivity contribution < 1.29 is 8.42 Å². The zero-order valence-corrected chi connectivity index (χ0v) is 9.08. The van der Waals surface area contributed by atoms with E-state index in [1.54, 1.807) is 0 Å². The van der Waals surface area contributed by atoms with Crippen LogP contribution in [0.5, 0.6) is 0 Å². The molecule has 0 fully saturated rings. The molecule has 0 saturated heterocycles. The molecule has 1 aromatic rings. The third-order valence-corrected chi connectivity index (χ3v) is 2.87. The van der Waals surface area contributed by atoms with E-state index < -0.39 is 21.1 Å². The van der Waals surface area contributed by atoms with Crippen LogP contribution in [0.1, 0.15) is 6.42 Å². The first kappa shape index (κ1) is 11.7. The maximum Gasteiger partial charge on any atom is 0.328 e. The molecule has 0 spiro atoms. The first-order valence-corrected chi connectivity index (χ1v) is 6.42. The Morgan fingerprint density at radius 2 is 2.07 bits per heavy atom. The van der Waals surface area contributed by atoms with Crippen molar-refractivity contribution in [2.75, 3.05) is 12.0 Å². The average Bonchev–Trinajstić information content (AvgIpc) is 2.08. The van der Waals surface area contributed by atoms with Gasteiger partial charge in [-0.05, 0) is 6.42 Å². The molecule has 0 aliphatic carbocycles. The average molecular weight is 232 g/mol. The summed E-state index contributed by atoms with van der Waals surface area (Å²) in [6.45, 7) is 0.113. The van der Waals surface area contributed by atoms with Crippen LogP contribution >= 0.6 is 0 Å². The minimum absolute atomic E-state index is 0.0340. The zero-order valence-electron chi connectivity index (χ0n) is 8.26. The molecule has 0 bridgehead atoms. The van der Waals surface area contributed by atoms with E-state index in [2.05, 4.69) is 4.98 Å². The normalized spacial score (nSPS) is 11.5. The van der Waals surface area contributed by atoms with Gasteiger partial charge >= 0.3 is 5.69 Å². The highest BCUT2D eigenvalue weighted by Crippen LogP contribution is 1.89. The lowest BCUT2D eigenvalue weighted by Crippen LogP contribution is -2.34. The summed E-state index contributed by atoms with van der Waals surface area (Å²) in [6.07, 6.45) is 2.63. The number of hydrogen-bond acceptors (Lipinski definition) is 4. The van der Waals surface area contributed by atoms with E-state index in [0.717, 1.165) is 10.8 Å². The zero-order chi connectivity index (χ0) is 11.5. The third-order valence-electron chi connectivity index (χ3n) is 1.84. The van der Waals surface area contributed by atoms with Gasteiger partial charge in [-0.3, -0.25) is 9.36 Å². The molecule has 0 atom stereocenters. The molecule has 0 aliphatic heterocycles. The smallest absolute Gasteiger partial charge is 0.314 e. The van der Waals surface area contributed by atoms with Crippen LogP contribution < -0.4 is 11.2 Å². The monoisotopic (exact) mass is 232 g/mol. The topological polar surface area (TPSA) is 89.0 Å². The van der Waals surface area contributed by atoms with Gasteiger partial charge in [-0.2, -0.15) is 0 Å². The number of aromatic nitrogens is 2. The Labute approximate surface area is 86.5 Å². The van der Waals surface area contributed by atoms with Crippen LogP contribution in [-0.2, 0) is 16.4 Å². The summed E-state index contributed by atoms with van der Waals surface area (Å²) in [5, 5.41) is 0. The number of nitrogens with zero attached hydrogens (tertiary/aromatic N) is 1. The molecule has 0 radical (unpaired) electrons. The van der Waals surface area contributed by atoms with Gasteiger partial charge in [0.2, 0.25) is 0 Å². The second-order valence-electron chi connectivity index (χ2n) is 3.26. The fourth-order valence-electron chi connectivity index (χ4n) is 1.15. The summed E-state index contributed by atoms with van der Waals surface area (Å²) in [4.78, 5) is 24.7. The summed E-state index contributed by atoms with van der Waals surface area (Å²) < 4.78 is 22.6. The molecule has 0 aliphatic rings. The Balaban J connectivity index is 2.75. The second kappa shape index (κ2) is 4.43. The number of nitrogens with one attached hydrogen (secondary N) is 1. The van der Waals surface area contributed by atoms with Crippen molar-refractivity contribution >= 4 is 9.84 Å². The summed E-state index contributed by atoms with van der Waals surface area (Å²) in [5.74, 6) is -0.0340. The molecule has 84 valence electrons. The molecule has 1 N–H and O–H groups in total. The molecule has 1 aromatic heterocycles. The van der Waals surface area contributed by atoms with Gasteiger partial charge in [0.25, 0.3) is 5.56 Å². The van der Waals surface area contributed by atoms with Crippen LogP contribution in [0.2, 0.25) is 0 Å². The van der Waals surface area contributed by atoms with Gasteiger partial charge in [0.1, 0.15) is 9.84 Å². The van der Waals surface area contributed by atoms with Crippen LogP contribution in [0.15, 0.2) is 21.9 Å². The van der Waals surface area contributed by atoms with E-state index in [0.29, 0.717) is 0 Å². The van der Waals surface area contributed by atoms with E-state index in [4.69, 9.17) is 0 Å². The molecule has 0 aromatic carbocycles. The van der Waals surface area contributed by atoms with Gasteiger partial charge in [0.15, 0.2) is 0 Å². The molecular formula is C8H12N2O4S. The summed E-state index contributed by atoms with van der Waals surface area (Å²) in [7, 11) is -3.05. The minimum atomic E-state index is -3.05. The molecule has 15 heavy (non-hydrogen) atoms. The lowest BCUT2D eigenvalue weighted by atomic mass is 10.4. The van der Waals surface area contributed by atoms with E-state index in [9.17, 15) is 18.0 Å². The Morgan fingerprint density at radius 1 is 1.40 bits per heavy atom. The molecule has 0 unspecified atom stereocenters. The van der Waals surface area contributed by atoms with Crippen molar-refractivity contribution in [3.8, 4) is 0 Å². The van der Waals surface area contributed by atoms with Crippen molar-refractivity contribution in [1.29, 1.82) is 0 Å². The molecule has 0 amide bonds. The first-order valence-electron chi connectivity index (χ1n) is 4.36. The van der Waals surface area contributed by atoms with Gasteiger partial charge in [0, 0.05) is 25.1 Å². The molecule has 1 heterocycles. The fraction of sp³-hybridized carbons (Fsp3) is 0.500. The number of rotatable bonds is 4. The van der Waals surface area contributed by atoms with E-state index in [1.807, 2.05) is 0 Å². The van der Waals surface area contributed by atoms with Gasteiger partial charge in [-0.1, -0.05) is 0 Å². The lowest BCUT2D eigenvalue weighted by molar-refractivity contribution is 0.581. The predicted molar refractivity (Wildman–Crippen MR) is 55.7 cm³/mol. The van der Waals surface area contributed by atoms with Crippen LogP contribution in [0.4, 0.5) is 0 Å². The van der Waals surface area contributed by atoms with Crippen molar-refractivity contribution in [3.63, 3.8) is 0 Å². The number of aromatic amines is 1. The van der Waals surface area contributed by atoms with Gasteiger partial charge in [0.05, 0.1) is 5.75 Å². The molecular weight excluding hydrogens is 220 g/mol. The maximum absolute atomic E-state index is 11.2. The Morgan fingerprint density at radius 3 is 2.60 bits per heavy atom. The number of sulfone groups is 1. The van der Waals surface area contributed by atoms with E-state index in [1.165, 1.54) is 12.3 Å². The lowest BCUT2D eigenvalue weighted by Gasteiger charge is -2.02. The highest BCUT2D eigenvalue weighted by molar-refractivity contribution is 7.90. The highest BCUT2D eigenvalue weighted by Gasteiger charge is 2.04. The van der Waals surface area contributed by atoms with Crippen molar-refractivity contribution in [3.05, 3.63) is 33.1 Å². The third kappa shape index (κ3) is 3.70. The molecule has 0 saturated carbocycles. The molecule has 6 nitrogen and oxygen atoms in total. The Hall–Kier alpha value is -1.37. The van der Waals surface area contributed by atoms with Crippen LogP contribution in [0.25, 0.3) is 0 Å². The summed E-state index contributed by atoms with van der Waals surface area (Å²) in [5.41, 5.74) is -0.941. The van der Waals surface area contributed by atoms with Crippen molar-refractivity contribution in [1.82, 2.24) is 9.55 Å². The Bertz CT molecular complexity index is 512. The summed E-state index contributed by atoms with van der Waals surface area (Å²) in [6, 6.07) is 1.22. The minimum Gasteiger partial charge on any atom is -0.314 e. The highest BCUT2D eigenvalue weighted by atomic mass is 32.2. The van der Waals surface area contributed by atoms with E-state index >= 15 is 0 Å². The number of hydrogen-bond donors (Lipinski definition) is 1. The maximum atomic E-state index is 11.2.